The summed E-state index contributed by atoms with van der Waals surface area (Å²) in [5.41, 5.74) is 1.09. The zero-order valence-electron chi connectivity index (χ0n) is 22.7. The van der Waals surface area contributed by atoms with Gasteiger partial charge < -0.3 is 33.5 Å². The standard InChI is InChI=1S/C31H38O7/c1-22-18-25(10-15-28(22)34-4)31(32,23-6-11-26(33-3)12-7-23)24-8-13-27(14-9-24)35-17-5-16-30-36-19-29(2,20-37-30)21-38-30/h6-15,22,32H,5,16-21H2,1-4H3. The van der Waals surface area contributed by atoms with Crippen molar-refractivity contribution in [2.45, 2.75) is 44.7 Å². The summed E-state index contributed by atoms with van der Waals surface area (Å²) in [5, 5.41) is 12.3. The van der Waals surface area contributed by atoms with Crippen molar-refractivity contribution in [3.05, 3.63) is 83.1 Å². The van der Waals surface area contributed by atoms with Crippen molar-refractivity contribution in [2.24, 2.45) is 11.3 Å². The highest BCUT2D eigenvalue weighted by molar-refractivity contribution is 5.49. The Morgan fingerprint density at radius 1 is 0.868 bits per heavy atom. The molecule has 0 amide bonds. The van der Waals surface area contributed by atoms with E-state index < -0.39 is 11.6 Å². The Labute approximate surface area is 225 Å². The van der Waals surface area contributed by atoms with E-state index in [-0.39, 0.29) is 11.3 Å². The molecule has 1 aliphatic carbocycles. The molecule has 6 rings (SSSR count). The Bertz CT molecular complexity index is 1140. The Hall–Kier alpha value is -2.84. The van der Waals surface area contributed by atoms with Crippen molar-refractivity contribution >= 4 is 0 Å². The number of methoxy groups -OCH3 is 2. The zero-order valence-corrected chi connectivity index (χ0v) is 22.7. The highest BCUT2D eigenvalue weighted by Crippen LogP contribution is 2.43. The van der Waals surface area contributed by atoms with Gasteiger partial charge in [0.2, 0.25) is 0 Å². The number of hydrogen-bond acceptors (Lipinski definition) is 7. The van der Waals surface area contributed by atoms with Crippen molar-refractivity contribution in [2.75, 3.05) is 40.6 Å². The summed E-state index contributed by atoms with van der Waals surface area (Å²) in [6.07, 6.45) is 5.94. The van der Waals surface area contributed by atoms with Gasteiger partial charge >= 0.3 is 0 Å². The first-order valence-electron chi connectivity index (χ1n) is 13.3. The van der Waals surface area contributed by atoms with Crippen LogP contribution in [0.15, 0.2) is 72.0 Å². The highest BCUT2D eigenvalue weighted by atomic mass is 16.9. The van der Waals surface area contributed by atoms with Crippen molar-refractivity contribution in [3.63, 3.8) is 0 Å². The maximum Gasteiger partial charge on any atom is 0.283 e. The molecular formula is C31H38O7. The van der Waals surface area contributed by atoms with E-state index in [9.17, 15) is 5.11 Å². The molecule has 7 nitrogen and oxygen atoms in total. The van der Waals surface area contributed by atoms with E-state index in [4.69, 9.17) is 28.4 Å². The van der Waals surface area contributed by atoms with Gasteiger partial charge in [0, 0.05) is 17.8 Å². The molecule has 4 aliphatic rings. The summed E-state index contributed by atoms with van der Waals surface area (Å²) in [6.45, 7) is 6.69. The molecule has 0 spiro atoms. The van der Waals surface area contributed by atoms with Gasteiger partial charge in [0.05, 0.1) is 46.4 Å². The average molecular weight is 523 g/mol. The maximum absolute atomic E-state index is 12.3. The molecule has 2 bridgehead atoms. The van der Waals surface area contributed by atoms with E-state index in [2.05, 4.69) is 13.8 Å². The summed E-state index contributed by atoms with van der Waals surface area (Å²) in [5.74, 6) is 1.61. The molecule has 0 saturated carbocycles. The van der Waals surface area contributed by atoms with Gasteiger partial charge in [0.1, 0.15) is 17.1 Å². The first-order valence-corrected chi connectivity index (χ1v) is 13.3. The van der Waals surface area contributed by atoms with Crippen LogP contribution in [0.4, 0.5) is 0 Å². The summed E-state index contributed by atoms with van der Waals surface area (Å²) in [6, 6.07) is 15.2. The van der Waals surface area contributed by atoms with Crippen LogP contribution in [-0.2, 0) is 24.5 Å². The number of benzene rings is 2. The quantitative estimate of drug-likeness (QED) is 0.423. The molecule has 3 heterocycles. The summed E-state index contributed by atoms with van der Waals surface area (Å²) in [7, 11) is 3.32. The Morgan fingerprint density at radius 3 is 1.97 bits per heavy atom. The molecule has 3 fully saturated rings. The second-order valence-corrected chi connectivity index (χ2v) is 10.8. The Kier molecular flexibility index (Phi) is 7.56. The first kappa shape index (κ1) is 26.8. The number of allylic oxidation sites excluding steroid dienone is 3. The van der Waals surface area contributed by atoms with Crippen LogP contribution in [0.25, 0.3) is 0 Å². The van der Waals surface area contributed by atoms with E-state index >= 15 is 0 Å². The van der Waals surface area contributed by atoms with Gasteiger partial charge in [-0.05, 0) is 59.9 Å². The van der Waals surface area contributed by atoms with Crippen LogP contribution in [-0.4, -0.2) is 51.7 Å². The van der Waals surface area contributed by atoms with Gasteiger partial charge in [-0.15, -0.1) is 0 Å². The molecule has 3 saturated heterocycles. The van der Waals surface area contributed by atoms with Gasteiger partial charge in [-0.3, -0.25) is 0 Å². The maximum atomic E-state index is 12.3. The lowest BCUT2D eigenvalue weighted by Gasteiger charge is -2.50. The van der Waals surface area contributed by atoms with E-state index in [0.29, 0.717) is 39.3 Å². The second kappa shape index (κ2) is 10.7. The molecule has 0 radical (unpaired) electrons. The third-order valence-corrected chi connectivity index (χ3v) is 7.76. The fourth-order valence-electron chi connectivity index (χ4n) is 5.34. The summed E-state index contributed by atoms with van der Waals surface area (Å²) < 4.78 is 34.4. The molecule has 2 atom stereocenters. The van der Waals surface area contributed by atoms with Crippen LogP contribution in [0.1, 0.15) is 44.2 Å². The number of rotatable bonds is 10. The van der Waals surface area contributed by atoms with E-state index in [1.54, 1.807) is 14.2 Å². The van der Waals surface area contributed by atoms with Crippen LogP contribution in [0.3, 0.4) is 0 Å². The number of fused-ring (bicyclic) bond motifs is 3. The molecule has 2 aromatic carbocycles. The minimum absolute atomic E-state index is 0.0399. The largest absolute Gasteiger partial charge is 0.501 e. The number of ether oxygens (including phenoxy) is 6. The molecule has 7 heteroatoms. The lowest BCUT2D eigenvalue weighted by atomic mass is 9.75. The van der Waals surface area contributed by atoms with Crippen LogP contribution >= 0.6 is 0 Å². The third-order valence-electron chi connectivity index (χ3n) is 7.76. The Balaban J connectivity index is 1.29. The van der Waals surface area contributed by atoms with Crippen LogP contribution in [0.5, 0.6) is 11.5 Å². The smallest absolute Gasteiger partial charge is 0.283 e. The SMILES string of the molecule is COC1=CC=C(C(O)(c2ccc(OC)cc2)c2ccc(OCCCC34OCC(C)(CO3)CO4)cc2)CC1C. The van der Waals surface area contributed by atoms with Crippen molar-refractivity contribution in [1.82, 2.24) is 0 Å². The fourth-order valence-corrected chi connectivity index (χ4v) is 5.34. The van der Waals surface area contributed by atoms with Gasteiger partial charge in [-0.25, -0.2) is 0 Å². The van der Waals surface area contributed by atoms with Gasteiger partial charge in [-0.1, -0.05) is 44.2 Å². The fraction of sp³-hybridized carbons (Fsp3) is 0.484. The lowest BCUT2D eigenvalue weighted by Crippen LogP contribution is -2.58. The highest BCUT2D eigenvalue weighted by Gasteiger charge is 2.49. The van der Waals surface area contributed by atoms with Crippen molar-refractivity contribution in [1.29, 1.82) is 0 Å². The molecule has 204 valence electrons. The number of aliphatic hydroxyl groups is 1. The molecular weight excluding hydrogens is 484 g/mol. The second-order valence-electron chi connectivity index (χ2n) is 10.8. The van der Waals surface area contributed by atoms with Gasteiger partial charge in [0.15, 0.2) is 0 Å². The van der Waals surface area contributed by atoms with Gasteiger partial charge in [0.25, 0.3) is 5.97 Å². The van der Waals surface area contributed by atoms with Crippen LogP contribution in [0, 0.1) is 11.3 Å². The minimum Gasteiger partial charge on any atom is -0.501 e. The summed E-state index contributed by atoms with van der Waals surface area (Å²) in [4.78, 5) is 0. The van der Waals surface area contributed by atoms with Crippen molar-refractivity contribution in [3.8, 4) is 11.5 Å². The minimum atomic E-state index is -1.31. The summed E-state index contributed by atoms with van der Waals surface area (Å²) >= 11 is 0. The normalized spacial score (nSPS) is 28.2. The lowest BCUT2D eigenvalue weighted by molar-refractivity contribution is -0.467. The first-order chi connectivity index (χ1) is 18.3. The molecule has 1 N–H and O–H groups in total. The molecule has 2 aromatic rings. The van der Waals surface area contributed by atoms with E-state index in [1.807, 2.05) is 60.7 Å². The van der Waals surface area contributed by atoms with Crippen molar-refractivity contribution < 1.29 is 33.5 Å². The molecule has 38 heavy (non-hydrogen) atoms. The van der Waals surface area contributed by atoms with E-state index in [1.165, 1.54) is 0 Å². The van der Waals surface area contributed by atoms with E-state index in [0.717, 1.165) is 40.4 Å². The predicted molar refractivity (Wildman–Crippen MR) is 143 cm³/mol. The molecule has 2 unspecified atom stereocenters. The average Bonchev–Trinajstić information content (AvgIpc) is 2.96. The third kappa shape index (κ3) is 5.21. The van der Waals surface area contributed by atoms with Crippen LogP contribution in [0.2, 0.25) is 0 Å². The Morgan fingerprint density at radius 2 is 1.45 bits per heavy atom. The topological polar surface area (TPSA) is 75.6 Å². The van der Waals surface area contributed by atoms with Crippen LogP contribution < -0.4 is 9.47 Å². The zero-order chi connectivity index (χ0) is 26.8. The molecule has 0 aromatic heterocycles. The molecule has 3 aliphatic heterocycles. The predicted octanol–water partition coefficient (Wildman–Crippen LogP) is 5.32. The monoisotopic (exact) mass is 522 g/mol. The number of hydrogen-bond donors (Lipinski definition) is 1. The van der Waals surface area contributed by atoms with Gasteiger partial charge in [-0.2, -0.15) is 0 Å².